The summed E-state index contributed by atoms with van der Waals surface area (Å²) in [6.45, 7) is 1.76. The molecule has 0 spiro atoms. The normalized spacial score (nSPS) is 10.3. The maximum Gasteiger partial charge on any atom is 0.339 e. The van der Waals surface area contributed by atoms with Crippen molar-refractivity contribution in [3.63, 3.8) is 0 Å². The van der Waals surface area contributed by atoms with E-state index in [1.165, 1.54) is 18.4 Å². The summed E-state index contributed by atoms with van der Waals surface area (Å²) >= 11 is 4.71. The summed E-state index contributed by atoms with van der Waals surface area (Å²) in [4.78, 5) is 25.8. The highest BCUT2D eigenvalue weighted by Crippen LogP contribution is 2.23. The molecule has 0 aliphatic rings. The number of esters is 1. The number of rotatable bonds is 6. The van der Waals surface area contributed by atoms with Crippen LogP contribution in [-0.4, -0.2) is 25.5 Å². The van der Waals surface area contributed by atoms with Crippen molar-refractivity contribution in [1.82, 2.24) is 0 Å². The number of thiophene rings is 1. The second kappa shape index (κ2) is 7.56. The standard InChI is InChI=1S/C16H15BrO4S/c1-3-11-5-7-15(22-11)14(18)9-21-16(19)12-8-10(20-2)4-6-13(12)17/h4-8H,3,9H2,1-2H3. The van der Waals surface area contributed by atoms with Crippen LogP contribution in [0.15, 0.2) is 34.8 Å². The number of benzene rings is 1. The predicted octanol–water partition coefficient (Wildman–Crippen LogP) is 4.12. The molecule has 0 atom stereocenters. The van der Waals surface area contributed by atoms with Crippen molar-refractivity contribution in [2.75, 3.05) is 13.7 Å². The van der Waals surface area contributed by atoms with Gasteiger partial charge in [-0.15, -0.1) is 11.3 Å². The van der Waals surface area contributed by atoms with E-state index in [0.29, 0.717) is 20.7 Å². The largest absolute Gasteiger partial charge is 0.497 e. The number of Topliss-reactive ketones (excluding diaryl/α,β-unsaturated/α-hetero) is 1. The van der Waals surface area contributed by atoms with Gasteiger partial charge in [-0.25, -0.2) is 4.79 Å². The molecule has 4 nitrogen and oxygen atoms in total. The van der Waals surface area contributed by atoms with Gasteiger partial charge in [-0.3, -0.25) is 4.79 Å². The van der Waals surface area contributed by atoms with Gasteiger partial charge in [-0.1, -0.05) is 6.92 Å². The molecule has 2 rings (SSSR count). The molecule has 0 unspecified atom stereocenters. The van der Waals surface area contributed by atoms with E-state index in [4.69, 9.17) is 9.47 Å². The molecule has 0 aliphatic carbocycles. The number of carbonyl (C=O) groups is 2. The molecule has 6 heteroatoms. The third-order valence-electron chi connectivity index (χ3n) is 3.01. The molecule has 0 saturated heterocycles. The van der Waals surface area contributed by atoms with Crippen LogP contribution in [-0.2, 0) is 11.2 Å². The fraction of sp³-hybridized carbons (Fsp3) is 0.250. The van der Waals surface area contributed by atoms with Gasteiger partial charge in [0.15, 0.2) is 6.61 Å². The fourth-order valence-corrected chi connectivity index (χ4v) is 3.07. The van der Waals surface area contributed by atoms with Crippen LogP contribution in [0.5, 0.6) is 5.75 Å². The summed E-state index contributed by atoms with van der Waals surface area (Å²) in [6, 6.07) is 8.67. The molecule has 0 aliphatic heterocycles. The predicted molar refractivity (Wildman–Crippen MR) is 89.0 cm³/mol. The third kappa shape index (κ3) is 3.96. The van der Waals surface area contributed by atoms with Crippen molar-refractivity contribution >= 4 is 39.0 Å². The SMILES string of the molecule is CCc1ccc(C(=O)COC(=O)c2cc(OC)ccc2Br)s1. The zero-order valence-electron chi connectivity index (χ0n) is 12.2. The number of hydrogen-bond donors (Lipinski definition) is 0. The number of aryl methyl sites for hydroxylation is 1. The summed E-state index contributed by atoms with van der Waals surface area (Å²) in [5, 5.41) is 0. The summed E-state index contributed by atoms with van der Waals surface area (Å²) in [5.41, 5.74) is 0.326. The lowest BCUT2D eigenvalue weighted by Crippen LogP contribution is -2.14. The zero-order valence-corrected chi connectivity index (χ0v) is 14.6. The van der Waals surface area contributed by atoms with E-state index in [1.54, 1.807) is 24.3 Å². The monoisotopic (exact) mass is 382 g/mol. The number of methoxy groups -OCH3 is 1. The van der Waals surface area contributed by atoms with Crippen molar-refractivity contribution in [3.05, 3.63) is 50.1 Å². The Bertz CT molecular complexity index is 693. The Hall–Kier alpha value is -1.66. The minimum Gasteiger partial charge on any atom is -0.497 e. The van der Waals surface area contributed by atoms with E-state index in [9.17, 15) is 9.59 Å². The molecule has 0 bridgehead atoms. The number of ether oxygens (including phenoxy) is 2. The molecular weight excluding hydrogens is 368 g/mol. The van der Waals surface area contributed by atoms with Gasteiger partial charge in [0.2, 0.25) is 5.78 Å². The number of carbonyl (C=O) groups excluding carboxylic acids is 2. The van der Waals surface area contributed by atoms with Crippen molar-refractivity contribution in [1.29, 1.82) is 0 Å². The molecule has 0 N–H and O–H groups in total. The second-order valence-corrected chi connectivity index (χ2v) is 6.49. The highest BCUT2D eigenvalue weighted by atomic mass is 79.9. The first-order chi connectivity index (χ1) is 10.5. The molecular formula is C16H15BrO4S. The first-order valence-electron chi connectivity index (χ1n) is 6.67. The van der Waals surface area contributed by atoms with Crippen LogP contribution in [0.1, 0.15) is 31.8 Å². The Balaban J connectivity index is 2.02. The van der Waals surface area contributed by atoms with Crippen molar-refractivity contribution in [2.45, 2.75) is 13.3 Å². The van der Waals surface area contributed by atoms with Crippen LogP contribution in [0.3, 0.4) is 0 Å². The summed E-state index contributed by atoms with van der Waals surface area (Å²) in [5.74, 6) is -0.212. The molecule has 0 saturated carbocycles. The Morgan fingerprint density at radius 2 is 2.00 bits per heavy atom. The molecule has 0 amide bonds. The van der Waals surface area contributed by atoms with E-state index in [1.807, 2.05) is 13.0 Å². The van der Waals surface area contributed by atoms with E-state index in [0.717, 1.165) is 11.3 Å². The highest BCUT2D eigenvalue weighted by Gasteiger charge is 2.16. The van der Waals surface area contributed by atoms with Crippen LogP contribution in [0.4, 0.5) is 0 Å². The first-order valence-corrected chi connectivity index (χ1v) is 8.28. The van der Waals surface area contributed by atoms with Gasteiger partial charge in [0.1, 0.15) is 5.75 Å². The Labute approximate surface area is 141 Å². The molecule has 116 valence electrons. The summed E-state index contributed by atoms with van der Waals surface area (Å²) in [7, 11) is 1.52. The average molecular weight is 383 g/mol. The molecule has 0 radical (unpaired) electrons. The Morgan fingerprint density at radius 3 is 2.64 bits per heavy atom. The number of halogens is 1. The topological polar surface area (TPSA) is 52.6 Å². The third-order valence-corrected chi connectivity index (χ3v) is 4.97. The van der Waals surface area contributed by atoms with Crippen LogP contribution < -0.4 is 4.74 Å². The lowest BCUT2D eigenvalue weighted by molar-refractivity contribution is 0.0474. The maximum absolute atomic E-state index is 12.1. The van der Waals surface area contributed by atoms with Gasteiger partial charge < -0.3 is 9.47 Å². The van der Waals surface area contributed by atoms with E-state index in [-0.39, 0.29) is 12.4 Å². The Kier molecular flexibility index (Phi) is 5.74. The van der Waals surface area contributed by atoms with E-state index < -0.39 is 5.97 Å². The van der Waals surface area contributed by atoms with Gasteiger partial charge >= 0.3 is 5.97 Å². The first kappa shape index (κ1) is 16.7. The van der Waals surface area contributed by atoms with Crippen molar-refractivity contribution < 1.29 is 19.1 Å². The Morgan fingerprint density at radius 1 is 1.23 bits per heavy atom. The smallest absolute Gasteiger partial charge is 0.339 e. The summed E-state index contributed by atoms with van der Waals surface area (Å²) in [6.07, 6.45) is 0.883. The van der Waals surface area contributed by atoms with Crippen LogP contribution >= 0.6 is 27.3 Å². The van der Waals surface area contributed by atoms with Crippen LogP contribution in [0.2, 0.25) is 0 Å². The molecule has 2 aromatic rings. The molecule has 1 aromatic heterocycles. The quantitative estimate of drug-likeness (QED) is 0.556. The van der Waals surface area contributed by atoms with E-state index in [2.05, 4.69) is 15.9 Å². The fourth-order valence-electron chi connectivity index (χ4n) is 1.79. The average Bonchev–Trinajstić information content (AvgIpc) is 3.02. The van der Waals surface area contributed by atoms with Gasteiger partial charge in [-0.2, -0.15) is 0 Å². The number of ketones is 1. The van der Waals surface area contributed by atoms with Crippen LogP contribution in [0, 0.1) is 0 Å². The van der Waals surface area contributed by atoms with Crippen LogP contribution in [0.25, 0.3) is 0 Å². The number of hydrogen-bond acceptors (Lipinski definition) is 5. The molecule has 22 heavy (non-hydrogen) atoms. The van der Waals surface area contributed by atoms with Gasteiger partial charge in [-0.05, 0) is 52.7 Å². The van der Waals surface area contributed by atoms with E-state index >= 15 is 0 Å². The lowest BCUT2D eigenvalue weighted by atomic mass is 10.2. The summed E-state index contributed by atoms with van der Waals surface area (Å²) < 4.78 is 10.8. The minimum atomic E-state index is -0.564. The van der Waals surface area contributed by atoms with Gasteiger partial charge in [0, 0.05) is 9.35 Å². The zero-order chi connectivity index (χ0) is 16.1. The highest BCUT2D eigenvalue weighted by molar-refractivity contribution is 9.10. The van der Waals surface area contributed by atoms with Crippen molar-refractivity contribution in [2.24, 2.45) is 0 Å². The lowest BCUT2D eigenvalue weighted by Gasteiger charge is -2.07. The van der Waals surface area contributed by atoms with Gasteiger partial charge in [0.25, 0.3) is 0 Å². The molecule has 1 aromatic carbocycles. The van der Waals surface area contributed by atoms with Crippen molar-refractivity contribution in [3.8, 4) is 5.75 Å². The second-order valence-electron chi connectivity index (χ2n) is 4.46. The maximum atomic E-state index is 12.1. The minimum absolute atomic E-state index is 0.197. The molecule has 0 fully saturated rings. The van der Waals surface area contributed by atoms with Gasteiger partial charge in [0.05, 0.1) is 17.6 Å². The molecule has 1 heterocycles.